The fourth-order valence-electron chi connectivity index (χ4n) is 1.27. The molecule has 1 rings (SSSR count). The Balaban J connectivity index is 3.04. The summed E-state index contributed by atoms with van der Waals surface area (Å²) in [5, 5.41) is 0. The van der Waals surface area contributed by atoms with Crippen LogP contribution in [0.3, 0.4) is 0 Å². The fourth-order valence-corrected chi connectivity index (χ4v) is 1.73. The first kappa shape index (κ1) is 14.9. The van der Waals surface area contributed by atoms with Gasteiger partial charge in [-0.05, 0) is 17.7 Å². The van der Waals surface area contributed by atoms with Gasteiger partial charge in [0, 0.05) is 0 Å². The van der Waals surface area contributed by atoms with Crippen LogP contribution in [0.5, 0.6) is 0 Å². The van der Waals surface area contributed by atoms with Crippen molar-refractivity contribution in [3.63, 3.8) is 0 Å². The smallest absolute Gasteiger partial charge is 0.391 e. The van der Waals surface area contributed by atoms with E-state index in [1.165, 1.54) is 0 Å². The van der Waals surface area contributed by atoms with Gasteiger partial charge in [-0.25, -0.2) is 12.8 Å². The van der Waals surface area contributed by atoms with E-state index in [9.17, 15) is 30.5 Å². The van der Waals surface area contributed by atoms with Gasteiger partial charge in [-0.1, -0.05) is 12.1 Å². The predicted octanol–water partition coefficient (Wildman–Crippen LogP) is 2.30. The first-order valence-corrected chi connectivity index (χ1v) is 5.86. The summed E-state index contributed by atoms with van der Waals surface area (Å²) in [5.74, 6) is -0.869. The molecule has 0 aliphatic rings. The number of hydrogen-bond acceptors (Lipinski definition) is 4. The summed E-state index contributed by atoms with van der Waals surface area (Å²) in [6.45, 7) is 0. The van der Waals surface area contributed by atoms with E-state index < -0.39 is 34.9 Å². The highest BCUT2D eigenvalue weighted by Gasteiger charge is 2.34. The Labute approximate surface area is 100 Å². The lowest BCUT2D eigenvalue weighted by Gasteiger charge is -2.20. The van der Waals surface area contributed by atoms with Crippen LogP contribution in [-0.4, -0.2) is 19.1 Å². The molecule has 18 heavy (non-hydrogen) atoms. The third-order valence-electron chi connectivity index (χ3n) is 1.87. The molecular formula is C9H7F4O4S-. The third-order valence-corrected chi connectivity index (χ3v) is 2.34. The predicted molar refractivity (Wildman–Crippen MR) is 50.6 cm³/mol. The highest BCUT2D eigenvalue weighted by molar-refractivity contribution is 7.80. The van der Waals surface area contributed by atoms with Gasteiger partial charge in [0.2, 0.25) is 10.4 Å². The van der Waals surface area contributed by atoms with Crippen LogP contribution in [0.15, 0.2) is 24.3 Å². The Morgan fingerprint density at radius 1 is 1.33 bits per heavy atom. The Kier molecular flexibility index (Phi) is 4.30. The van der Waals surface area contributed by atoms with Crippen LogP contribution in [-0.2, 0) is 14.6 Å². The number of benzene rings is 1. The van der Waals surface area contributed by atoms with Crippen molar-refractivity contribution in [3.05, 3.63) is 35.6 Å². The molecule has 1 aromatic carbocycles. The van der Waals surface area contributed by atoms with Crippen molar-refractivity contribution in [2.24, 2.45) is 0 Å². The van der Waals surface area contributed by atoms with Crippen LogP contribution >= 0.6 is 0 Å². The van der Waals surface area contributed by atoms with Crippen molar-refractivity contribution in [2.45, 2.75) is 18.7 Å². The minimum Gasteiger partial charge on any atom is -0.726 e. The van der Waals surface area contributed by atoms with Crippen molar-refractivity contribution >= 4 is 10.4 Å². The summed E-state index contributed by atoms with van der Waals surface area (Å²) < 4.78 is 84.2. The maximum Gasteiger partial charge on any atom is 0.391 e. The first-order chi connectivity index (χ1) is 8.07. The lowest BCUT2D eigenvalue weighted by molar-refractivity contribution is -0.151. The number of halogens is 4. The lowest BCUT2D eigenvalue weighted by atomic mass is 10.1. The van der Waals surface area contributed by atoms with Crippen LogP contribution in [0.25, 0.3) is 0 Å². The average Bonchev–Trinajstić information content (AvgIpc) is 2.12. The standard InChI is InChI=1S/C9H8F4O4S/c10-7-3-1-2-6(4-7)8(5-9(11,12)13)17-18(14,15)16/h1-4,8H,5H2,(H,14,15,16)/p-1. The van der Waals surface area contributed by atoms with Gasteiger partial charge in [0.25, 0.3) is 0 Å². The summed E-state index contributed by atoms with van der Waals surface area (Å²) in [6.07, 6.45) is -8.57. The van der Waals surface area contributed by atoms with Gasteiger partial charge in [0.05, 0.1) is 6.42 Å². The monoisotopic (exact) mass is 287 g/mol. The Bertz CT molecular complexity index is 512. The molecule has 0 aromatic heterocycles. The first-order valence-electron chi connectivity index (χ1n) is 4.53. The summed E-state index contributed by atoms with van der Waals surface area (Å²) >= 11 is 0. The minimum atomic E-state index is -5.33. The van der Waals surface area contributed by atoms with E-state index in [2.05, 4.69) is 4.18 Å². The highest BCUT2D eigenvalue weighted by atomic mass is 32.3. The quantitative estimate of drug-likeness (QED) is 0.484. The summed E-state index contributed by atoms with van der Waals surface area (Å²) in [7, 11) is -5.33. The van der Waals surface area contributed by atoms with Gasteiger partial charge >= 0.3 is 6.18 Å². The zero-order valence-corrected chi connectivity index (χ0v) is 9.46. The van der Waals surface area contributed by atoms with Crippen molar-refractivity contribution in [2.75, 3.05) is 0 Å². The van der Waals surface area contributed by atoms with E-state index in [4.69, 9.17) is 0 Å². The van der Waals surface area contributed by atoms with Gasteiger partial charge < -0.3 is 4.55 Å². The molecule has 0 amide bonds. The van der Waals surface area contributed by atoms with Crippen molar-refractivity contribution in [1.29, 1.82) is 0 Å². The molecule has 102 valence electrons. The second-order valence-electron chi connectivity index (χ2n) is 3.37. The lowest BCUT2D eigenvalue weighted by Crippen LogP contribution is -2.19. The van der Waals surface area contributed by atoms with Crippen molar-refractivity contribution in [3.8, 4) is 0 Å². The molecule has 0 fully saturated rings. The number of hydrogen-bond donors (Lipinski definition) is 0. The van der Waals surface area contributed by atoms with Gasteiger partial charge in [0.15, 0.2) is 0 Å². The van der Waals surface area contributed by atoms with Crippen LogP contribution in [0.4, 0.5) is 17.6 Å². The van der Waals surface area contributed by atoms with Crippen molar-refractivity contribution in [1.82, 2.24) is 0 Å². The molecule has 4 nitrogen and oxygen atoms in total. The zero-order chi connectivity index (χ0) is 14.0. The number of alkyl halides is 3. The second-order valence-corrected chi connectivity index (χ2v) is 4.38. The van der Waals surface area contributed by atoms with E-state index in [1.807, 2.05) is 0 Å². The normalized spacial score (nSPS) is 14.5. The third kappa shape index (κ3) is 5.43. The molecule has 1 unspecified atom stereocenters. The molecule has 9 heteroatoms. The van der Waals surface area contributed by atoms with Crippen LogP contribution in [0.2, 0.25) is 0 Å². The molecule has 0 saturated carbocycles. The molecule has 1 aromatic rings. The second kappa shape index (κ2) is 5.21. The maximum atomic E-state index is 12.8. The molecule has 0 bridgehead atoms. The van der Waals surface area contributed by atoms with Crippen LogP contribution in [0, 0.1) is 5.82 Å². The van der Waals surface area contributed by atoms with E-state index in [0.717, 1.165) is 18.2 Å². The SMILES string of the molecule is O=S(=O)([O-])OC(CC(F)(F)F)c1cccc(F)c1. The van der Waals surface area contributed by atoms with Gasteiger partial charge in [0.1, 0.15) is 11.9 Å². The molecular weight excluding hydrogens is 280 g/mol. The summed E-state index contributed by atoms with van der Waals surface area (Å²) in [4.78, 5) is 0. The van der Waals surface area contributed by atoms with Crippen LogP contribution < -0.4 is 0 Å². The number of rotatable bonds is 4. The Morgan fingerprint density at radius 3 is 2.39 bits per heavy atom. The molecule has 0 aliphatic heterocycles. The zero-order valence-electron chi connectivity index (χ0n) is 8.65. The Morgan fingerprint density at radius 2 is 1.94 bits per heavy atom. The molecule has 1 atom stereocenters. The average molecular weight is 287 g/mol. The molecule has 0 saturated heterocycles. The highest BCUT2D eigenvalue weighted by Crippen LogP contribution is 2.33. The maximum absolute atomic E-state index is 12.8. The fraction of sp³-hybridized carbons (Fsp3) is 0.333. The molecule has 0 aliphatic carbocycles. The molecule has 0 N–H and O–H groups in total. The molecule has 0 spiro atoms. The van der Waals surface area contributed by atoms with E-state index in [1.54, 1.807) is 0 Å². The van der Waals surface area contributed by atoms with E-state index in [-0.39, 0.29) is 5.56 Å². The van der Waals surface area contributed by atoms with E-state index in [0.29, 0.717) is 6.07 Å². The topological polar surface area (TPSA) is 66.4 Å². The largest absolute Gasteiger partial charge is 0.726 e. The van der Waals surface area contributed by atoms with Gasteiger partial charge in [-0.2, -0.15) is 13.2 Å². The van der Waals surface area contributed by atoms with Crippen molar-refractivity contribution < 1.29 is 34.7 Å². The summed E-state index contributed by atoms with van der Waals surface area (Å²) in [5.41, 5.74) is -0.383. The Hall–Kier alpha value is -1.19. The van der Waals surface area contributed by atoms with Crippen LogP contribution in [0.1, 0.15) is 18.1 Å². The molecule has 0 radical (unpaired) electrons. The summed E-state index contributed by atoms with van der Waals surface area (Å²) in [6, 6.07) is 3.74. The van der Waals surface area contributed by atoms with Gasteiger partial charge in [-0.15, -0.1) is 0 Å². The van der Waals surface area contributed by atoms with Gasteiger partial charge in [-0.3, -0.25) is 4.18 Å². The van der Waals surface area contributed by atoms with E-state index >= 15 is 0 Å². The molecule has 0 heterocycles. The minimum absolute atomic E-state index is 0.383.